The van der Waals surface area contributed by atoms with E-state index in [1.807, 2.05) is 0 Å². The van der Waals surface area contributed by atoms with Crippen LogP contribution in [0.5, 0.6) is 0 Å². The lowest BCUT2D eigenvalue weighted by molar-refractivity contribution is -0.289. The Bertz CT molecular complexity index is 438. The van der Waals surface area contributed by atoms with Crippen LogP contribution >= 0.6 is 0 Å². The molecule has 1 aromatic rings. The molecule has 0 bridgehead atoms. The van der Waals surface area contributed by atoms with Crippen LogP contribution in [0.4, 0.5) is 27.6 Å². The van der Waals surface area contributed by atoms with Gasteiger partial charge in [-0.2, -0.15) is 22.0 Å². The van der Waals surface area contributed by atoms with Gasteiger partial charge in [-0.15, -0.1) is 0 Å². The summed E-state index contributed by atoms with van der Waals surface area (Å²) in [6.07, 6.45) is -5.57. The molecule has 1 aromatic carbocycles. The van der Waals surface area contributed by atoms with Gasteiger partial charge in [-0.1, -0.05) is 12.1 Å². The monoisotopic (exact) mass is 280 g/mol. The topological polar surface area (TPSA) is 15.3 Å². The Labute approximate surface area is 107 Å². The van der Waals surface area contributed by atoms with E-state index < -0.39 is 17.7 Å². The Hall–Kier alpha value is -1.37. The Balaban J connectivity index is 2.28. The quantitative estimate of drug-likeness (QED) is 0.838. The lowest BCUT2D eigenvalue weighted by Gasteiger charge is -2.30. The molecule has 19 heavy (non-hydrogen) atoms. The van der Waals surface area contributed by atoms with E-state index in [-0.39, 0.29) is 0 Å². The largest absolute Gasteiger partial charge is 0.458 e. The fourth-order valence-electron chi connectivity index (χ4n) is 1.98. The van der Waals surface area contributed by atoms with Gasteiger partial charge in [-0.05, 0) is 12.1 Å². The van der Waals surface area contributed by atoms with Crippen LogP contribution in [0, 0.1) is 0 Å². The summed E-state index contributed by atoms with van der Waals surface area (Å²) in [6, 6.07) is 4.49. The van der Waals surface area contributed by atoms with Gasteiger partial charge in [0.2, 0.25) is 0 Å². The van der Waals surface area contributed by atoms with E-state index in [2.05, 4.69) is 5.32 Å². The highest BCUT2D eigenvalue weighted by Gasteiger charge is 2.58. The van der Waals surface area contributed by atoms with Crippen LogP contribution in [0.2, 0.25) is 0 Å². The molecule has 0 amide bonds. The van der Waals surface area contributed by atoms with Crippen molar-refractivity contribution in [3.05, 3.63) is 29.8 Å². The molecular weight excluding hydrogens is 267 g/mol. The number of piperazine rings is 1. The second-order valence-electron chi connectivity index (χ2n) is 4.36. The summed E-state index contributed by atoms with van der Waals surface area (Å²) in [6.45, 7) is 2.53. The van der Waals surface area contributed by atoms with E-state index in [1.165, 1.54) is 6.07 Å². The summed E-state index contributed by atoms with van der Waals surface area (Å²) in [5.41, 5.74) is -0.626. The molecule has 2 rings (SSSR count). The molecule has 0 unspecified atom stereocenters. The highest BCUT2D eigenvalue weighted by Crippen LogP contribution is 2.44. The van der Waals surface area contributed by atoms with Crippen LogP contribution in [0.3, 0.4) is 0 Å². The lowest BCUT2D eigenvalue weighted by atomic mass is 10.1. The number of nitrogens with one attached hydrogen (secondary N) is 1. The van der Waals surface area contributed by atoms with Crippen LogP contribution in [0.1, 0.15) is 5.56 Å². The van der Waals surface area contributed by atoms with E-state index in [0.29, 0.717) is 31.9 Å². The van der Waals surface area contributed by atoms with E-state index >= 15 is 0 Å². The SMILES string of the molecule is FC(F)(F)C(F)(F)c1cccc(N2CCNCC2)c1. The van der Waals surface area contributed by atoms with E-state index in [1.54, 1.807) is 11.0 Å². The number of hydrogen-bond acceptors (Lipinski definition) is 2. The lowest BCUT2D eigenvalue weighted by Crippen LogP contribution is -2.43. The highest BCUT2D eigenvalue weighted by atomic mass is 19.4. The van der Waals surface area contributed by atoms with Gasteiger partial charge in [-0.25, -0.2) is 0 Å². The summed E-state index contributed by atoms with van der Waals surface area (Å²) in [7, 11) is 0. The molecule has 1 N–H and O–H groups in total. The number of rotatable bonds is 2. The van der Waals surface area contributed by atoms with Crippen molar-refractivity contribution in [2.75, 3.05) is 31.1 Å². The van der Waals surface area contributed by atoms with Gasteiger partial charge in [0, 0.05) is 37.4 Å². The minimum absolute atomic E-state index is 0.392. The average Bonchev–Trinajstić information content (AvgIpc) is 2.39. The molecule has 1 heterocycles. The molecule has 0 aliphatic carbocycles. The molecule has 1 aliphatic heterocycles. The van der Waals surface area contributed by atoms with Gasteiger partial charge in [0.1, 0.15) is 0 Å². The summed E-state index contributed by atoms with van der Waals surface area (Å²) in [4.78, 5) is 1.78. The standard InChI is InChI=1S/C12H13F5N2/c13-11(14,12(15,16)17)9-2-1-3-10(8-9)19-6-4-18-5-7-19/h1-3,8,18H,4-7H2. The molecule has 0 aromatic heterocycles. The molecule has 0 radical (unpaired) electrons. The normalized spacial score (nSPS) is 17.6. The minimum Gasteiger partial charge on any atom is -0.369 e. The molecule has 1 aliphatic rings. The van der Waals surface area contributed by atoms with Crippen molar-refractivity contribution in [1.82, 2.24) is 5.32 Å². The Morgan fingerprint density at radius 3 is 2.21 bits per heavy atom. The van der Waals surface area contributed by atoms with Gasteiger partial charge in [0.05, 0.1) is 0 Å². The zero-order valence-electron chi connectivity index (χ0n) is 9.97. The number of benzene rings is 1. The van der Waals surface area contributed by atoms with Gasteiger partial charge >= 0.3 is 12.1 Å². The van der Waals surface area contributed by atoms with Crippen LogP contribution in [0.15, 0.2) is 24.3 Å². The summed E-state index contributed by atoms with van der Waals surface area (Å²) >= 11 is 0. The number of nitrogens with zero attached hydrogens (tertiary/aromatic N) is 1. The van der Waals surface area contributed by atoms with Crippen LogP contribution in [-0.2, 0) is 5.92 Å². The molecule has 7 heteroatoms. The molecule has 2 nitrogen and oxygen atoms in total. The van der Waals surface area contributed by atoms with Gasteiger partial charge in [0.25, 0.3) is 0 Å². The predicted octanol–water partition coefficient (Wildman–Crippen LogP) is 2.75. The maximum absolute atomic E-state index is 13.3. The van der Waals surface area contributed by atoms with E-state index in [9.17, 15) is 22.0 Å². The second-order valence-corrected chi connectivity index (χ2v) is 4.36. The summed E-state index contributed by atoms with van der Waals surface area (Å²) in [5.74, 6) is -4.82. The summed E-state index contributed by atoms with van der Waals surface area (Å²) in [5, 5.41) is 3.08. The number of anilines is 1. The van der Waals surface area contributed by atoms with E-state index in [4.69, 9.17) is 0 Å². The molecule has 106 valence electrons. The molecular formula is C12H13F5N2. The summed E-state index contributed by atoms with van der Waals surface area (Å²) < 4.78 is 63.5. The van der Waals surface area contributed by atoms with Crippen LogP contribution in [-0.4, -0.2) is 32.4 Å². The molecule has 0 spiro atoms. The number of hydrogen-bond donors (Lipinski definition) is 1. The van der Waals surface area contributed by atoms with Crippen LogP contribution in [0.25, 0.3) is 0 Å². The van der Waals surface area contributed by atoms with Crippen molar-refractivity contribution < 1.29 is 22.0 Å². The van der Waals surface area contributed by atoms with Crippen molar-refractivity contribution in [3.63, 3.8) is 0 Å². The third-order valence-electron chi connectivity index (χ3n) is 3.05. The van der Waals surface area contributed by atoms with Gasteiger partial charge < -0.3 is 10.2 Å². The van der Waals surface area contributed by atoms with Crippen molar-refractivity contribution in [2.24, 2.45) is 0 Å². The molecule has 0 saturated carbocycles. The van der Waals surface area contributed by atoms with Gasteiger partial charge in [-0.3, -0.25) is 0 Å². The second kappa shape index (κ2) is 4.96. The van der Waals surface area contributed by atoms with Crippen LogP contribution < -0.4 is 10.2 Å². The van der Waals surface area contributed by atoms with Crippen molar-refractivity contribution in [2.45, 2.75) is 12.1 Å². The Kier molecular flexibility index (Phi) is 3.66. The first kappa shape index (κ1) is 14.0. The van der Waals surface area contributed by atoms with Crippen molar-refractivity contribution in [1.29, 1.82) is 0 Å². The molecule has 1 fully saturated rings. The fraction of sp³-hybridized carbons (Fsp3) is 0.500. The third kappa shape index (κ3) is 2.80. The first-order chi connectivity index (χ1) is 8.82. The predicted molar refractivity (Wildman–Crippen MR) is 61.5 cm³/mol. The minimum atomic E-state index is -5.57. The molecule has 0 atom stereocenters. The maximum atomic E-state index is 13.3. The Morgan fingerprint density at radius 1 is 1.00 bits per heavy atom. The highest BCUT2D eigenvalue weighted by molar-refractivity contribution is 5.50. The average molecular weight is 280 g/mol. The number of alkyl halides is 5. The van der Waals surface area contributed by atoms with Crippen molar-refractivity contribution >= 4 is 5.69 Å². The zero-order valence-corrected chi connectivity index (χ0v) is 9.97. The van der Waals surface area contributed by atoms with Crippen molar-refractivity contribution in [3.8, 4) is 0 Å². The first-order valence-electron chi connectivity index (χ1n) is 5.83. The van der Waals surface area contributed by atoms with Gasteiger partial charge in [0.15, 0.2) is 0 Å². The zero-order chi connectivity index (χ0) is 14.1. The maximum Gasteiger partial charge on any atom is 0.458 e. The first-order valence-corrected chi connectivity index (χ1v) is 5.83. The Morgan fingerprint density at radius 2 is 1.63 bits per heavy atom. The smallest absolute Gasteiger partial charge is 0.369 e. The third-order valence-corrected chi connectivity index (χ3v) is 3.05. The fourth-order valence-corrected chi connectivity index (χ4v) is 1.98. The number of halogens is 5. The molecule has 1 saturated heterocycles. The van der Waals surface area contributed by atoms with E-state index in [0.717, 1.165) is 12.1 Å².